The summed E-state index contributed by atoms with van der Waals surface area (Å²) in [7, 11) is 1.66. The Balaban J connectivity index is 2.36. The third kappa shape index (κ3) is 9.96. The largest absolute Gasteiger partial charge is 0.456 e. The van der Waals surface area contributed by atoms with Gasteiger partial charge in [0.2, 0.25) is 0 Å². The fourth-order valence-electron chi connectivity index (χ4n) is 3.10. The Hall–Kier alpha value is -1.35. The van der Waals surface area contributed by atoms with Crippen LogP contribution in [0.3, 0.4) is 0 Å². The van der Waals surface area contributed by atoms with Crippen molar-refractivity contribution < 1.29 is 14.3 Å². The first-order valence-corrected chi connectivity index (χ1v) is 10.5. The van der Waals surface area contributed by atoms with Crippen molar-refractivity contribution in [1.82, 2.24) is 0 Å². The van der Waals surface area contributed by atoms with Gasteiger partial charge in [-0.1, -0.05) is 70.9 Å². The van der Waals surface area contributed by atoms with Gasteiger partial charge in [0.15, 0.2) is 0 Å². The summed E-state index contributed by atoms with van der Waals surface area (Å²) in [6.45, 7) is 4.89. The molecule has 0 aromatic heterocycles. The molecular formula is C23H38O3. The van der Waals surface area contributed by atoms with E-state index in [1.807, 2.05) is 24.3 Å². The van der Waals surface area contributed by atoms with Gasteiger partial charge in [-0.15, -0.1) is 0 Å². The number of carbonyl (C=O) groups is 1. The van der Waals surface area contributed by atoms with Crippen molar-refractivity contribution >= 4 is 5.97 Å². The van der Waals surface area contributed by atoms with E-state index in [2.05, 4.69) is 13.8 Å². The molecule has 26 heavy (non-hydrogen) atoms. The summed E-state index contributed by atoms with van der Waals surface area (Å²) in [5, 5.41) is 0. The lowest BCUT2D eigenvalue weighted by Crippen LogP contribution is -2.23. The minimum Gasteiger partial charge on any atom is -0.456 e. The van der Waals surface area contributed by atoms with Crippen LogP contribution in [0.2, 0.25) is 0 Å². The van der Waals surface area contributed by atoms with Crippen molar-refractivity contribution in [3.05, 3.63) is 35.4 Å². The van der Waals surface area contributed by atoms with Crippen molar-refractivity contribution in [1.29, 1.82) is 0 Å². The van der Waals surface area contributed by atoms with Gasteiger partial charge in [0.05, 0.1) is 12.2 Å². The normalized spacial score (nSPS) is 12.1. The zero-order valence-electron chi connectivity index (χ0n) is 17.1. The first-order valence-electron chi connectivity index (χ1n) is 10.5. The number of ether oxygens (including phenoxy) is 2. The molecule has 0 aliphatic heterocycles. The van der Waals surface area contributed by atoms with E-state index < -0.39 is 0 Å². The summed E-state index contributed by atoms with van der Waals surface area (Å²) < 4.78 is 10.9. The van der Waals surface area contributed by atoms with Crippen molar-refractivity contribution in [2.45, 2.75) is 90.6 Å². The van der Waals surface area contributed by atoms with E-state index >= 15 is 0 Å². The van der Waals surface area contributed by atoms with Crippen LogP contribution in [0.4, 0.5) is 0 Å². The van der Waals surface area contributed by atoms with Gasteiger partial charge < -0.3 is 9.47 Å². The summed E-state index contributed by atoms with van der Waals surface area (Å²) >= 11 is 0. The van der Waals surface area contributed by atoms with Crippen molar-refractivity contribution in [3.63, 3.8) is 0 Å². The lowest BCUT2D eigenvalue weighted by Gasteiger charge is -2.17. The minimum atomic E-state index is -0.239. The third-order valence-electron chi connectivity index (χ3n) is 4.76. The zero-order chi connectivity index (χ0) is 19.0. The molecule has 1 rings (SSSR count). The maximum absolute atomic E-state index is 12.4. The lowest BCUT2D eigenvalue weighted by atomic mass is 10.1. The number of methoxy groups -OCH3 is 1. The summed E-state index contributed by atoms with van der Waals surface area (Å²) in [5.74, 6) is -0.239. The maximum atomic E-state index is 12.4. The molecule has 0 radical (unpaired) electrons. The van der Waals surface area contributed by atoms with Gasteiger partial charge in [0.1, 0.15) is 6.10 Å². The Labute approximate surface area is 160 Å². The maximum Gasteiger partial charge on any atom is 0.338 e. The van der Waals surface area contributed by atoms with Crippen molar-refractivity contribution in [2.24, 2.45) is 0 Å². The van der Waals surface area contributed by atoms with E-state index in [0.717, 1.165) is 19.3 Å². The highest BCUT2D eigenvalue weighted by Crippen LogP contribution is 2.14. The van der Waals surface area contributed by atoms with Crippen LogP contribution in [0.25, 0.3) is 0 Å². The molecule has 0 saturated heterocycles. The van der Waals surface area contributed by atoms with E-state index in [1.165, 1.54) is 56.9 Å². The lowest BCUT2D eigenvalue weighted by molar-refractivity contribution is 0.00237. The van der Waals surface area contributed by atoms with Gasteiger partial charge in [-0.3, -0.25) is 0 Å². The van der Waals surface area contributed by atoms with Gasteiger partial charge in [-0.2, -0.15) is 0 Å². The van der Waals surface area contributed by atoms with Crippen LogP contribution in [0.15, 0.2) is 24.3 Å². The van der Waals surface area contributed by atoms with Gasteiger partial charge in [0.25, 0.3) is 0 Å². The Bertz CT molecular complexity index is 467. The molecule has 3 heteroatoms. The molecule has 1 unspecified atom stereocenters. The Morgan fingerprint density at radius 3 is 2.12 bits per heavy atom. The smallest absolute Gasteiger partial charge is 0.338 e. The van der Waals surface area contributed by atoms with Gasteiger partial charge in [0, 0.05) is 7.11 Å². The average Bonchev–Trinajstić information content (AvgIpc) is 2.66. The summed E-state index contributed by atoms with van der Waals surface area (Å²) in [4.78, 5) is 12.4. The van der Waals surface area contributed by atoms with Gasteiger partial charge >= 0.3 is 5.97 Å². The number of unbranched alkanes of at least 4 members (excludes halogenated alkanes) is 7. The van der Waals surface area contributed by atoms with E-state index in [0.29, 0.717) is 12.2 Å². The molecule has 0 spiro atoms. The quantitative estimate of drug-likeness (QED) is 0.270. The van der Waals surface area contributed by atoms with E-state index in [1.54, 1.807) is 7.11 Å². The highest BCUT2D eigenvalue weighted by molar-refractivity contribution is 5.89. The molecule has 0 bridgehead atoms. The van der Waals surface area contributed by atoms with Gasteiger partial charge in [-0.25, -0.2) is 4.79 Å². The predicted octanol–water partition coefficient (Wildman–Crippen LogP) is 6.34. The number of hydrogen-bond donors (Lipinski definition) is 0. The molecular weight excluding hydrogens is 324 g/mol. The highest BCUT2D eigenvalue weighted by Gasteiger charge is 2.16. The molecule has 0 saturated carbocycles. The highest BCUT2D eigenvalue weighted by atomic mass is 16.6. The molecule has 3 nitrogen and oxygen atoms in total. The summed E-state index contributed by atoms with van der Waals surface area (Å²) in [6, 6.07) is 7.83. The van der Waals surface area contributed by atoms with Crippen LogP contribution in [0.5, 0.6) is 0 Å². The number of aryl methyl sites for hydroxylation is 1. The second kappa shape index (κ2) is 14.8. The molecule has 1 aromatic rings. The molecule has 0 heterocycles. The number of carbonyl (C=O) groups excluding carboxylic acids is 1. The number of esters is 1. The van der Waals surface area contributed by atoms with Crippen LogP contribution >= 0.6 is 0 Å². The molecule has 0 aliphatic rings. The Morgan fingerprint density at radius 2 is 1.50 bits per heavy atom. The molecule has 0 amide bonds. The fourth-order valence-corrected chi connectivity index (χ4v) is 3.10. The van der Waals surface area contributed by atoms with Gasteiger partial charge in [-0.05, 0) is 43.4 Å². The zero-order valence-corrected chi connectivity index (χ0v) is 17.1. The van der Waals surface area contributed by atoms with E-state index in [9.17, 15) is 4.79 Å². The molecule has 1 aromatic carbocycles. The standard InChI is InChI=1S/C23H38O3/c1-4-6-8-9-10-11-12-14-22(19-25-3)26-23(24)21-17-15-20(16-18-21)13-7-5-2/h15-18,22H,4-14,19H2,1-3H3. The first kappa shape index (κ1) is 22.7. The number of benzene rings is 1. The Morgan fingerprint density at radius 1 is 0.885 bits per heavy atom. The van der Waals surface area contributed by atoms with E-state index in [-0.39, 0.29) is 12.1 Å². The summed E-state index contributed by atoms with van der Waals surface area (Å²) in [5.41, 5.74) is 1.91. The monoisotopic (exact) mass is 362 g/mol. The molecule has 0 fully saturated rings. The molecule has 1 atom stereocenters. The van der Waals surface area contributed by atoms with E-state index in [4.69, 9.17) is 9.47 Å². The van der Waals surface area contributed by atoms with Crippen LogP contribution in [0, 0.1) is 0 Å². The number of hydrogen-bond acceptors (Lipinski definition) is 3. The van der Waals surface area contributed by atoms with Crippen LogP contribution in [-0.4, -0.2) is 25.8 Å². The van der Waals surface area contributed by atoms with Crippen LogP contribution < -0.4 is 0 Å². The van der Waals surface area contributed by atoms with Crippen LogP contribution in [0.1, 0.15) is 94.0 Å². The Kier molecular flexibility index (Phi) is 12.9. The molecule has 0 aliphatic carbocycles. The fraction of sp³-hybridized carbons (Fsp3) is 0.696. The molecule has 0 N–H and O–H groups in total. The second-order valence-electron chi connectivity index (χ2n) is 7.19. The minimum absolute atomic E-state index is 0.150. The first-order chi connectivity index (χ1) is 12.7. The predicted molar refractivity (Wildman–Crippen MR) is 109 cm³/mol. The van der Waals surface area contributed by atoms with Crippen LogP contribution in [-0.2, 0) is 15.9 Å². The second-order valence-corrected chi connectivity index (χ2v) is 7.19. The third-order valence-corrected chi connectivity index (χ3v) is 4.76. The average molecular weight is 363 g/mol. The van der Waals surface area contributed by atoms with Crippen molar-refractivity contribution in [3.8, 4) is 0 Å². The van der Waals surface area contributed by atoms with Crippen molar-refractivity contribution in [2.75, 3.05) is 13.7 Å². The topological polar surface area (TPSA) is 35.5 Å². The number of rotatable bonds is 15. The SMILES string of the molecule is CCCCCCCCCC(COC)OC(=O)c1ccc(CCCC)cc1. The summed E-state index contributed by atoms with van der Waals surface area (Å²) in [6.07, 6.45) is 13.0. The molecule has 148 valence electrons.